The Kier molecular flexibility index (Phi) is 5.89. The summed E-state index contributed by atoms with van der Waals surface area (Å²) in [7, 11) is 0. The lowest BCUT2D eigenvalue weighted by Gasteiger charge is -2.12. The number of aromatic hydroxyl groups is 1. The van der Waals surface area contributed by atoms with Crippen LogP contribution in [0.3, 0.4) is 0 Å². The zero-order chi connectivity index (χ0) is 21.0. The average molecular weight is 409 g/mol. The van der Waals surface area contributed by atoms with Gasteiger partial charge >= 0.3 is 5.69 Å². The Bertz CT molecular complexity index is 1180. The molecular formula is C20H19N5O3S. The maximum Gasteiger partial charge on any atom is 0.335 e. The number of nitrogens with one attached hydrogen (secondary N) is 3. The topological polar surface area (TPSA) is 112 Å². The van der Waals surface area contributed by atoms with E-state index in [0.29, 0.717) is 5.69 Å². The second-order valence-corrected chi connectivity index (χ2v) is 6.67. The van der Waals surface area contributed by atoms with Gasteiger partial charge in [0.2, 0.25) is 5.88 Å². The first-order valence-corrected chi connectivity index (χ1v) is 9.09. The van der Waals surface area contributed by atoms with E-state index < -0.39 is 17.1 Å². The van der Waals surface area contributed by atoms with E-state index in [1.54, 1.807) is 24.3 Å². The summed E-state index contributed by atoms with van der Waals surface area (Å²) in [4.78, 5) is 26.7. The highest BCUT2D eigenvalue weighted by molar-refractivity contribution is 7.80. The standard InChI is InChI=1S/C20H19N5O3S/c1-12-8-10-15(11-9-12)25-18(27)16(17(26)22-20(25)28)13(2)23-24-19(29)21-14-6-4-3-5-7-14/h3-11,27H,1-2H3,(H2,21,24,29)(H,22,26,28). The molecule has 4 N–H and O–H groups in total. The fourth-order valence-corrected chi connectivity index (χ4v) is 2.82. The molecule has 9 heteroatoms. The summed E-state index contributed by atoms with van der Waals surface area (Å²) >= 11 is 5.17. The van der Waals surface area contributed by atoms with Crippen molar-refractivity contribution in [3.05, 3.63) is 86.6 Å². The van der Waals surface area contributed by atoms with Gasteiger partial charge in [-0.05, 0) is 50.3 Å². The van der Waals surface area contributed by atoms with E-state index in [4.69, 9.17) is 12.2 Å². The lowest BCUT2D eigenvalue weighted by atomic mass is 10.2. The molecule has 1 aromatic heterocycles. The summed E-state index contributed by atoms with van der Waals surface area (Å²) in [6.45, 7) is 3.42. The van der Waals surface area contributed by atoms with Gasteiger partial charge in [0.15, 0.2) is 5.11 Å². The molecule has 0 radical (unpaired) electrons. The maximum atomic E-state index is 12.3. The van der Waals surface area contributed by atoms with Crippen molar-refractivity contribution >= 4 is 28.7 Å². The highest BCUT2D eigenvalue weighted by Crippen LogP contribution is 2.17. The Morgan fingerprint density at radius 1 is 1.10 bits per heavy atom. The molecule has 29 heavy (non-hydrogen) atoms. The third-order valence-corrected chi connectivity index (χ3v) is 4.29. The van der Waals surface area contributed by atoms with Crippen LogP contribution in [0.1, 0.15) is 18.1 Å². The van der Waals surface area contributed by atoms with Crippen LogP contribution in [0.4, 0.5) is 5.69 Å². The molecule has 0 unspecified atom stereocenters. The molecule has 8 nitrogen and oxygen atoms in total. The number of hydrogen-bond acceptors (Lipinski definition) is 5. The molecule has 0 fully saturated rings. The lowest BCUT2D eigenvalue weighted by Crippen LogP contribution is -2.33. The smallest absolute Gasteiger partial charge is 0.335 e. The summed E-state index contributed by atoms with van der Waals surface area (Å²) in [5.41, 5.74) is 3.32. The summed E-state index contributed by atoms with van der Waals surface area (Å²) in [5.74, 6) is -0.507. The molecule has 0 aliphatic carbocycles. The zero-order valence-electron chi connectivity index (χ0n) is 15.8. The molecule has 0 spiro atoms. The van der Waals surface area contributed by atoms with Crippen LogP contribution in [0.2, 0.25) is 0 Å². The van der Waals surface area contributed by atoms with Crippen molar-refractivity contribution < 1.29 is 5.11 Å². The van der Waals surface area contributed by atoms with Crippen molar-refractivity contribution in [2.24, 2.45) is 5.10 Å². The van der Waals surface area contributed by atoms with Crippen LogP contribution < -0.4 is 22.0 Å². The number of nitrogens with zero attached hydrogens (tertiary/aromatic N) is 2. The van der Waals surface area contributed by atoms with Crippen LogP contribution >= 0.6 is 12.2 Å². The van der Waals surface area contributed by atoms with Crippen molar-refractivity contribution in [1.29, 1.82) is 0 Å². The minimum Gasteiger partial charge on any atom is -0.493 e. The van der Waals surface area contributed by atoms with Crippen LogP contribution in [0.25, 0.3) is 5.69 Å². The van der Waals surface area contributed by atoms with Gasteiger partial charge in [0.25, 0.3) is 5.56 Å². The largest absolute Gasteiger partial charge is 0.493 e. The van der Waals surface area contributed by atoms with Crippen molar-refractivity contribution in [3.8, 4) is 11.6 Å². The Hall–Kier alpha value is -3.72. The Balaban J connectivity index is 1.91. The number of rotatable bonds is 4. The number of H-pyrrole nitrogens is 1. The normalized spacial score (nSPS) is 11.2. The summed E-state index contributed by atoms with van der Waals surface area (Å²) < 4.78 is 1.01. The number of thiocarbonyl (C=S) groups is 1. The van der Waals surface area contributed by atoms with Gasteiger partial charge in [0.05, 0.1) is 11.4 Å². The lowest BCUT2D eigenvalue weighted by molar-refractivity contribution is 0.429. The van der Waals surface area contributed by atoms with E-state index in [9.17, 15) is 14.7 Å². The monoisotopic (exact) mass is 409 g/mol. The van der Waals surface area contributed by atoms with Crippen LogP contribution in [0, 0.1) is 6.92 Å². The third-order valence-electron chi connectivity index (χ3n) is 4.10. The Labute approximate surface area is 171 Å². The first kappa shape index (κ1) is 20.0. The SMILES string of the molecule is CC(=NNC(=S)Nc1ccccc1)c1c(O)n(-c2ccc(C)cc2)c(=O)[nH]c1=O. The molecule has 148 valence electrons. The molecule has 0 atom stereocenters. The minimum atomic E-state index is -0.749. The molecule has 1 heterocycles. The van der Waals surface area contributed by atoms with Gasteiger partial charge in [0, 0.05) is 5.69 Å². The Morgan fingerprint density at radius 3 is 2.41 bits per heavy atom. The van der Waals surface area contributed by atoms with Crippen LogP contribution in [0.15, 0.2) is 69.3 Å². The molecule has 0 aliphatic rings. The van der Waals surface area contributed by atoms with Gasteiger partial charge in [-0.25, -0.2) is 9.36 Å². The van der Waals surface area contributed by atoms with Gasteiger partial charge in [-0.15, -0.1) is 0 Å². The number of aromatic nitrogens is 2. The predicted molar refractivity (Wildman–Crippen MR) is 117 cm³/mol. The van der Waals surface area contributed by atoms with E-state index in [1.807, 2.05) is 37.3 Å². The first-order chi connectivity index (χ1) is 13.9. The molecule has 3 aromatic rings. The number of aromatic amines is 1. The molecule has 0 saturated heterocycles. The average Bonchev–Trinajstić information content (AvgIpc) is 2.68. The van der Waals surface area contributed by atoms with Crippen molar-refractivity contribution in [3.63, 3.8) is 0 Å². The molecule has 2 aromatic carbocycles. The third kappa shape index (κ3) is 4.58. The maximum absolute atomic E-state index is 12.3. The highest BCUT2D eigenvalue weighted by atomic mass is 32.1. The molecule has 0 saturated carbocycles. The van der Waals surface area contributed by atoms with E-state index in [2.05, 4.69) is 20.8 Å². The van der Waals surface area contributed by atoms with Gasteiger partial charge in [-0.3, -0.25) is 15.2 Å². The summed E-state index contributed by atoms with van der Waals surface area (Å²) in [6, 6.07) is 16.2. The number of benzene rings is 2. The molecule has 3 rings (SSSR count). The quantitative estimate of drug-likeness (QED) is 0.299. The fourth-order valence-electron chi connectivity index (χ4n) is 2.66. The molecule has 0 amide bonds. The number of anilines is 1. The number of hydrazone groups is 1. The van der Waals surface area contributed by atoms with Crippen molar-refractivity contribution in [2.45, 2.75) is 13.8 Å². The zero-order valence-corrected chi connectivity index (χ0v) is 16.6. The van der Waals surface area contributed by atoms with Gasteiger partial charge in [0.1, 0.15) is 5.56 Å². The molecular weight excluding hydrogens is 390 g/mol. The summed E-state index contributed by atoms with van der Waals surface area (Å²) in [6.07, 6.45) is 0. The van der Waals surface area contributed by atoms with Crippen molar-refractivity contribution in [1.82, 2.24) is 15.0 Å². The first-order valence-electron chi connectivity index (χ1n) is 8.69. The number of para-hydroxylation sites is 1. The molecule has 0 aliphatic heterocycles. The predicted octanol–water partition coefficient (Wildman–Crippen LogP) is 2.25. The second-order valence-electron chi connectivity index (χ2n) is 6.26. The van der Waals surface area contributed by atoms with Gasteiger partial charge in [-0.1, -0.05) is 35.9 Å². The van der Waals surface area contributed by atoms with Crippen LogP contribution in [-0.4, -0.2) is 25.5 Å². The van der Waals surface area contributed by atoms with Crippen LogP contribution in [-0.2, 0) is 0 Å². The van der Waals surface area contributed by atoms with Crippen molar-refractivity contribution in [2.75, 3.05) is 5.32 Å². The van der Waals surface area contributed by atoms with Gasteiger partial charge < -0.3 is 10.4 Å². The number of aryl methyl sites for hydroxylation is 1. The fraction of sp³-hybridized carbons (Fsp3) is 0.100. The minimum absolute atomic E-state index is 0.139. The van der Waals surface area contributed by atoms with E-state index in [-0.39, 0.29) is 16.4 Å². The van der Waals surface area contributed by atoms with E-state index in [1.165, 1.54) is 6.92 Å². The van der Waals surface area contributed by atoms with E-state index >= 15 is 0 Å². The van der Waals surface area contributed by atoms with E-state index in [0.717, 1.165) is 15.8 Å². The van der Waals surface area contributed by atoms with Gasteiger partial charge in [-0.2, -0.15) is 5.10 Å². The van der Waals surface area contributed by atoms with Crippen LogP contribution in [0.5, 0.6) is 5.88 Å². The number of hydrogen-bond donors (Lipinski definition) is 4. The molecule has 0 bridgehead atoms. The Morgan fingerprint density at radius 2 is 1.76 bits per heavy atom. The summed E-state index contributed by atoms with van der Waals surface area (Å²) in [5, 5.41) is 17.8. The highest BCUT2D eigenvalue weighted by Gasteiger charge is 2.18. The second kappa shape index (κ2) is 8.53.